The molecule has 1 aromatic heterocycles. The van der Waals surface area contributed by atoms with Crippen LogP contribution in [0.3, 0.4) is 0 Å². The van der Waals surface area contributed by atoms with Gasteiger partial charge in [0, 0.05) is 18.3 Å². The Bertz CT molecular complexity index is 368. The Morgan fingerprint density at radius 1 is 1.62 bits per heavy atom. The number of hydrogen-bond acceptors (Lipinski definition) is 5. The lowest BCUT2D eigenvalue weighted by Crippen LogP contribution is -2.42. The van der Waals surface area contributed by atoms with E-state index < -0.39 is 18.1 Å². The summed E-state index contributed by atoms with van der Waals surface area (Å²) in [5, 5.41) is 11.1. The van der Waals surface area contributed by atoms with Gasteiger partial charge in [0.25, 0.3) is 0 Å². The lowest BCUT2D eigenvalue weighted by atomic mass is 10.1. The molecule has 2 N–H and O–H groups in total. The highest BCUT2D eigenvalue weighted by molar-refractivity contribution is 5.80. The first-order valence-corrected chi connectivity index (χ1v) is 4.45. The molecule has 0 aliphatic heterocycles. The zero-order chi connectivity index (χ0) is 12.0. The van der Waals surface area contributed by atoms with Gasteiger partial charge in [-0.3, -0.25) is 0 Å². The summed E-state index contributed by atoms with van der Waals surface area (Å²) < 4.78 is 4.32. The van der Waals surface area contributed by atoms with Crippen molar-refractivity contribution < 1.29 is 19.4 Å². The van der Waals surface area contributed by atoms with E-state index in [-0.39, 0.29) is 6.42 Å². The number of amides is 1. The standard InChI is InChI=1S/C9H11N3O4/c1-16-9(15)12-7(8(13)14)4-6-2-3-10-5-11-6/h2-3,5,7H,4H2,1H3,(H,12,15)(H,13,14). The normalized spacial score (nSPS) is 11.6. The van der Waals surface area contributed by atoms with Crippen LogP contribution in [0.15, 0.2) is 18.6 Å². The zero-order valence-electron chi connectivity index (χ0n) is 8.58. The van der Waals surface area contributed by atoms with Gasteiger partial charge in [-0.05, 0) is 6.07 Å². The van der Waals surface area contributed by atoms with Crippen molar-refractivity contribution >= 4 is 12.1 Å². The highest BCUT2D eigenvalue weighted by Crippen LogP contribution is 1.99. The molecule has 0 radical (unpaired) electrons. The summed E-state index contributed by atoms with van der Waals surface area (Å²) in [5.41, 5.74) is 0.527. The van der Waals surface area contributed by atoms with Crippen molar-refractivity contribution in [2.45, 2.75) is 12.5 Å². The Balaban J connectivity index is 2.65. The highest BCUT2D eigenvalue weighted by Gasteiger charge is 2.21. The summed E-state index contributed by atoms with van der Waals surface area (Å²) in [6, 6.07) is 0.511. The molecule has 0 saturated carbocycles. The van der Waals surface area contributed by atoms with Crippen molar-refractivity contribution in [2.24, 2.45) is 0 Å². The van der Waals surface area contributed by atoms with Crippen molar-refractivity contribution in [3.63, 3.8) is 0 Å². The van der Waals surface area contributed by atoms with Gasteiger partial charge in [-0.25, -0.2) is 19.6 Å². The number of rotatable bonds is 4. The number of carboxylic acids is 1. The molecule has 0 bridgehead atoms. The van der Waals surface area contributed by atoms with Crippen LogP contribution in [-0.2, 0) is 16.0 Å². The van der Waals surface area contributed by atoms with Crippen LogP contribution in [0.25, 0.3) is 0 Å². The van der Waals surface area contributed by atoms with Crippen LogP contribution in [0, 0.1) is 0 Å². The molecule has 86 valence electrons. The summed E-state index contributed by atoms with van der Waals surface area (Å²) in [6.07, 6.45) is 2.10. The van der Waals surface area contributed by atoms with Gasteiger partial charge in [0.2, 0.25) is 0 Å². The Kier molecular flexibility index (Phi) is 4.19. The first-order chi connectivity index (χ1) is 7.63. The molecule has 0 fully saturated rings. The summed E-state index contributed by atoms with van der Waals surface area (Å²) in [4.78, 5) is 29.3. The van der Waals surface area contributed by atoms with Gasteiger partial charge in [-0.2, -0.15) is 0 Å². The van der Waals surface area contributed by atoms with Crippen LogP contribution in [0.4, 0.5) is 4.79 Å². The van der Waals surface area contributed by atoms with Crippen LogP contribution in [0.5, 0.6) is 0 Å². The van der Waals surface area contributed by atoms with Crippen LogP contribution < -0.4 is 5.32 Å². The first kappa shape index (κ1) is 11.9. The molecule has 0 aliphatic rings. The lowest BCUT2D eigenvalue weighted by Gasteiger charge is -2.12. The maximum absolute atomic E-state index is 10.9. The molecule has 0 spiro atoms. The van der Waals surface area contributed by atoms with Gasteiger partial charge < -0.3 is 15.2 Å². The number of carbonyl (C=O) groups is 2. The maximum atomic E-state index is 10.9. The van der Waals surface area contributed by atoms with Gasteiger partial charge in [0.1, 0.15) is 12.4 Å². The van der Waals surface area contributed by atoms with Crippen molar-refractivity contribution in [3.8, 4) is 0 Å². The molecule has 16 heavy (non-hydrogen) atoms. The maximum Gasteiger partial charge on any atom is 0.407 e. The molecule has 7 heteroatoms. The molecular formula is C9H11N3O4. The van der Waals surface area contributed by atoms with E-state index >= 15 is 0 Å². The van der Waals surface area contributed by atoms with E-state index in [4.69, 9.17) is 5.11 Å². The molecule has 0 aromatic carbocycles. The summed E-state index contributed by atoms with van der Waals surface area (Å²) in [7, 11) is 1.17. The van der Waals surface area contributed by atoms with Crippen molar-refractivity contribution in [3.05, 3.63) is 24.3 Å². The van der Waals surface area contributed by atoms with Gasteiger partial charge in [-0.15, -0.1) is 0 Å². The van der Waals surface area contributed by atoms with Gasteiger partial charge in [-0.1, -0.05) is 0 Å². The molecule has 1 rings (SSSR count). The number of alkyl carbamates (subject to hydrolysis) is 1. The van der Waals surface area contributed by atoms with Crippen LogP contribution in [0.1, 0.15) is 5.69 Å². The second-order valence-electron chi connectivity index (χ2n) is 2.93. The third-order valence-electron chi connectivity index (χ3n) is 1.83. The largest absolute Gasteiger partial charge is 0.480 e. The summed E-state index contributed by atoms with van der Waals surface area (Å²) in [5.74, 6) is -1.15. The Labute approximate surface area is 91.5 Å². The molecule has 1 unspecified atom stereocenters. The van der Waals surface area contributed by atoms with E-state index in [0.29, 0.717) is 5.69 Å². The molecule has 1 amide bonds. The van der Waals surface area contributed by atoms with E-state index in [1.165, 1.54) is 19.6 Å². The average molecular weight is 225 g/mol. The fourth-order valence-electron chi connectivity index (χ4n) is 1.05. The third kappa shape index (κ3) is 3.52. The number of carbonyl (C=O) groups excluding carboxylic acids is 1. The number of aromatic nitrogens is 2. The Morgan fingerprint density at radius 3 is 2.88 bits per heavy atom. The predicted molar refractivity (Wildman–Crippen MR) is 52.7 cm³/mol. The molecule has 1 heterocycles. The minimum absolute atomic E-state index is 0.0763. The minimum atomic E-state index is -1.15. The van der Waals surface area contributed by atoms with Crippen LogP contribution in [0.2, 0.25) is 0 Å². The number of carboxylic acid groups (broad SMARTS) is 1. The molecule has 7 nitrogen and oxygen atoms in total. The zero-order valence-corrected chi connectivity index (χ0v) is 8.58. The predicted octanol–water partition coefficient (Wildman–Crippen LogP) is -0.172. The third-order valence-corrected chi connectivity index (χ3v) is 1.83. The van der Waals surface area contributed by atoms with Gasteiger partial charge >= 0.3 is 12.1 Å². The van der Waals surface area contributed by atoms with Crippen LogP contribution >= 0.6 is 0 Å². The topological polar surface area (TPSA) is 101 Å². The minimum Gasteiger partial charge on any atom is -0.480 e. The van der Waals surface area contributed by atoms with Gasteiger partial charge in [0.05, 0.1) is 7.11 Å². The van der Waals surface area contributed by atoms with E-state index in [9.17, 15) is 9.59 Å². The number of nitrogens with one attached hydrogen (secondary N) is 1. The second kappa shape index (κ2) is 5.64. The SMILES string of the molecule is COC(=O)NC(Cc1ccncn1)C(=O)O. The average Bonchev–Trinajstić information content (AvgIpc) is 2.29. The fourth-order valence-corrected chi connectivity index (χ4v) is 1.05. The second-order valence-corrected chi connectivity index (χ2v) is 2.93. The molecule has 1 aromatic rings. The number of methoxy groups -OCH3 is 1. The lowest BCUT2D eigenvalue weighted by molar-refractivity contribution is -0.139. The Morgan fingerprint density at radius 2 is 2.38 bits per heavy atom. The number of aliphatic carboxylic acids is 1. The first-order valence-electron chi connectivity index (χ1n) is 4.45. The van der Waals surface area contributed by atoms with Crippen molar-refractivity contribution in [1.82, 2.24) is 15.3 Å². The van der Waals surface area contributed by atoms with E-state index in [1.807, 2.05) is 0 Å². The Hall–Kier alpha value is -2.18. The highest BCUT2D eigenvalue weighted by atomic mass is 16.5. The molecule has 0 saturated heterocycles. The quantitative estimate of drug-likeness (QED) is 0.737. The number of ether oxygens (including phenoxy) is 1. The molecule has 1 atom stereocenters. The summed E-state index contributed by atoms with van der Waals surface area (Å²) >= 11 is 0. The van der Waals surface area contributed by atoms with Crippen molar-refractivity contribution in [2.75, 3.05) is 7.11 Å². The number of hydrogen-bond donors (Lipinski definition) is 2. The van der Waals surface area contributed by atoms with Crippen molar-refractivity contribution in [1.29, 1.82) is 0 Å². The number of nitrogens with zero attached hydrogens (tertiary/aromatic N) is 2. The smallest absolute Gasteiger partial charge is 0.407 e. The van der Waals surface area contributed by atoms with E-state index in [0.717, 1.165) is 0 Å². The summed E-state index contributed by atoms with van der Waals surface area (Å²) in [6.45, 7) is 0. The molecule has 0 aliphatic carbocycles. The van der Waals surface area contributed by atoms with Crippen LogP contribution in [-0.4, -0.2) is 40.3 Å². The van der Waals surface area contributed by atoms with E-state index in [1.54, 1.807) is 6.07 Å². The monoisotopic (exact) mass is 225 g/mol. The fraction of sp³-hybridized carbons (Fsp3) is 0.333. The van der Waals surface area contributed by atoms with E-state index in [2.05, 4.69) is 20.0 Å². The molecular weight excluding hydrogens is 214 g/mol. The van der Waals surface area contributed by atoms with Gasteiger partial charge in [0.15, 0.2) is 0 Å².